The van der Waals surface area contributed by atoms with Crippen LogP contribution in [0.3, 0.4) is 0 Å². The quantitative estimate of drug-likeness (QED) is 0.916. The largest absolute Gasteiger partial charge is 0.312 e. The van der Waals surface area contributed by atoms with E-state index in [-0.39, 0.29) is 5.82 Å². The molecule has 1 heterocycles. The predicted octanol–water partition coefficient (Wildman–Crippen LogP) is 3.30. The molecule has 1 aliphatic heterocycles. The monoisotopic (exact) mass is 284 g/mol. The lowest BCUT2D eigenvalue weighted by molar-refractivity contribution is 0.238. The van der Waals surface area contributed by atoms with Gasteiger partial charge in [0.05, 0.1) is 0 Å². The summed E-state index contributed by atoms with van der Waals surface area (Å²) in [6, 6.07) is 5.09. The number of nitrogens with zero attached hydrogens (tertiary/aromatic N) is 1. The topological polar surface area (TPSA) is 15.3 Å². The fraction of sp³-hybridized carbons (Fsp3) is 0.600. The third-order valence-corrected chi connectivity index (χ3v) is 4.09. The maximum Gasteiger partial charge on any atom is 0.123 e. The summed E-state index contributed by atoms with van der Waals surface area (Å²) in [4.78, 5) is 2.37. The molecule has 1 N–H and O–H groups in total. The molecule has 0 bridgehead atoms. The van der Waals surface area contributed by atoms with E-state index >= 15 is 0 Å². The van der Waals surface area contributed by atoms with Crippen LogP contribution in [0.25, 0.3) is 0 Å². The Balaban J connectivity index is 2.06. The van der Waals surface area contributed by atoms with Crippen molar-refractivity contribution in [1.29, 1.82) is 0 Å². The van der Waals surface area contributed by atoms with Crippen LogP contribution in [0.4, 0.5) is 4.39 Å². The maximum atomic E-state index is 13.3. The summed E-state index contributed by atoms with van der Waals surface area (Å²) in [6.45, 7) is 8.26. The average molecular weight is 285 g/mol. The molecule has 0 saturated carbocycles. The number of hydrogen-bond acceptors (Lipinski definition) is 2. The molecular weight excluding hydrogens is 263 g/mol. The van der Waals surface area contributed by atoms with Crippen LogP contribution in [-0.4, -0.2) is 30.6 Å². The summed E-state index contributed by atoms with van der Waals surface area (Å²) in [5.41, 5.74) is 0.881. The van der Waals surface area contributed by atoms with Gasteiger partial charge in [-0.3, -0.25) is 4.90 Å². The first-order valence-corrected chi connectivity index (χ1v) is 7.33. The Morgan fingerprint density at radius 3 is 3.00 bits per heavy atom. The summed E-state index contributed by atoms with van der Waals surface area (Å²) >= 11 is 6.15. The molecule has 1 aromatic rings. The van der Waals surface area contributed by atoms with Crippen molar-refractivity contribution in [2.24, 2.45) is 5.92 Å². The van der Waals surface area contributed by atoms with Crippen molar-refractivity contribution in [2.45, 2.75) is 32.9 Å². The highest BCUT2D eigenvalue weighted by Crippen LogP contribution is 2.20. The first-order valence-electron chi connectivity index (χ1n) is 6.96. The van der Waals surface area contributed by atoms with E-state index in [0.717, 1.165) is 38.2 Å². The van der Waals surface area contributed by atoms with E-state index in [0.29, 0.717) is 17.0 Å². The van der Waals surface area contributed by atoms with E-state index in [9.17, 15) is 4.39 Å². The predicted molar refractivity (Wildman–Crippen MR) is 77.9 cm³/mol. The molecule has 1 unspecified atom stereocenters. The lowest BCUT2D eigenvalue weighted by atomic mass is 10.0. The lowest BCUT2D eigenvalue weighted by Crippen LogP contribution is -2.41. The van der Waals surface area contributed by atoms with Gasteiger partial charge in [-0.25, -0.2) is 4.39 Å². The van der Waals surface area contributed by atoms with E-state index in [1.807, 2.05) is 0 Å². The highest BCUT2D eigenvalue weighted by Gasteiger charge is 2.20. The van der Waals surface area contributed by atoms with Gasteiger partial charge in [0.1, 0.15) is 5.82 Å². The zero-order valence-electron chi connectivity index (χ0n) is 11.6. The minimum atomic E-state index is -0.215. The van der Waals surface area contributed by atoms with Gasteiger partial charge in [0.2, 0.25) is 0 Å². The number of nitrogens with one attached hydrogen (secondary N) is 1. The average Bonchev–Trinajstić information content (AvgIpc) is 2.59. The molecule has 1 fully saturated rings. The smallest absolute Gasteiger partial charge is 0.123 e. The fourth-order valence-corrected chi connectivity index (χ4v) is 2.70. The zero-order valence-corrected chi connectivity index (χ0v) is 12.4. The Morgan fingerprint density at radius 2 is 2.26 bits per heavy atom. The third kappa shape index (κ3) is 4.16. The van der Waals surface area contributed by atoms with Gasteiger partial charge in [-0.15, -0.1) is 0 Å². The van der Waals surface area contributed by atoms with Gasteiger partial charge >= 0.3 is 0 Å². The molecule has 0 aromatic heterocycles. The SMILES string of the molecule is CC(C)C1CN(Cc2cc(F)ccc2Cl)CCCN1. The Bertz CT molecular complexity index is 423. The van der Waals surface area contributed by atoms with Gasteiger partial charge < -0.3 is 5.32 Å². The van der Waals surface area contributed by atoms with Gasteiger partial charge in [0.25, 0.3) is 0 Å². The van der Waals surface area contributed by atoms with Gasteiger partial charge in [0.15, 0.2) is 0 Å². The molecule has 2 rings (SSSR count). The second kappa shape index (κ2) is 6.69. The van der Waals surface area contributed by atoms with E-state index in [1.165, 1.54) is 6.07 Å². The van der Waals surface area contributed by atoms with Crippen molar-refractivity contribution in [3.05, 3.63) is 34.6 Å². The van der Waals surface area contributed by atoms with Gasteiger partial charge in [-0.2, -0.15) is 0 Å². The van der Waals surface area contributed by atoms with Crippen LogP contribution in [0, 0.1) is 11.7 Å². The molecule has 4 heteroatoms. The molecule has 19 heavy (non-hydrogen) atoms. The van der Waals surface area contributed by atoms with E-state index < -0.39 is 0 Å². The molecule has 1 atom stereocenters. The second-order valence-electron chi connectivity index (χ2n) is 5.63. The molecule has 0 aliphatic carbocycles. The standard InChI is InChI=1S/C15H22ClFN2/c1-11(2)15-10-19(7-3-6-18-15)9-12-8-13(17)4-5-14(12)16/h4-5,8,11,15,18H,3,6-7,9-10H2,1-2H3. The van der Waals surface area contributed by atoms with E-state index in [4.69, 9.17) is 11.6 Å². The highest BCUT2D eigenvalue weighted by molar-refractivity contribution is 6.31. The highest BCUT2D eigenvalue weighted by atomic mass is 35.5. The molecule has 1 aliphatic rings. The van der Waals surface area contributed by atoms with Crippen molar-refractivity contribution in [3.8, 4) is 0 Å². The van der Waals surface area contributed by atoms with Gasteiger partial charge in [-0.1, -0.05) is 25.4 Å². The fourth-order valence-electron chi connectivity index (χ4n) is 2.52. The molecule has 1 saturated heterocycles. The summed E-state index contributed by atoms with van der Waals surface area (Å²) < 4.78 is 13.3. The molecule has 1 aromatic carbocycles. The lowest BCUT2D eigenvalue weighted by Gasteiger charge is -2.27. The van der Waals surface area contributed by atoms with Crippen LogP contribution >= 0.6 is 11.6 Å². The van der Waals surface area contributed by atoms with E-state index in [2.05, 4.69) is 24.1 Å². The van der Waals surface area contributed by atoms with Crippen LogP contribution in [0.1, 0.15) is 25.8 Å². The molecule has 106 valence electrons. The third-order valence-electron chi connectivity index (χ3n) is 3.72. The minimum absolute atomic E-state index is 0.215. The first-order chi connectivity index (χ1) is 9.06. The van der Waals surface area contributed by atoms with Crippen LogP contribution in [0.15, 0.2) is 18.2 Å². The van der Waals surface area contributed by atoms with Crippen molar-refractivity contribution in [1.82, 2.24) is 10.2 Å². The molecule has 0 radical (unpaired) electrons. The Kier molecular flexibility index (Phi) is 5.20. The number of halogens is 2. The second-order valence-corrected chi connectivity index (χ2v) is 6.04. The number of hydrogen-bond donors (Lipinski definition) is 1. The van der Waals surface area contributed by atoms with Crippen molar-refractivity contribution in [2.75, 3.05) is 19.6 Å². The van der Waals surface area contributed by atoms with Crippen LogP contribution in [0.5, 0.6) is 0 Å². The van der Waals surface area contributed by atoms with Gasteiger partial charge in [-0.05, 0) is 49.2 Å². The number of rotatable bonds is 3. The van der Waals surface area contributed by atoms with Crippen LogP contribution in [-0.2, 0) is 6.54 Å². The summed E-state index contributed by atoms with van der Waals surface area (Å²) in [7, 11) is 0. The maximum absolute atomic E-state index is 13.3. The number of benzene rings is 1. The minimum Gasteiger partial charge on any atom is -0.312 e. The molecule has 0 spiro atoms. The zero-order chi connectivity index (χ0) is 13.8. The van der Waals surface area contributed by atoms with Gasteiger partial charge in [0, 0.05) is 24.2 Å². The molecular formula is C15H22ClFN2. The van der Waals surface area contributed by atoms with E-state index in [1.54, 1.807) is 12.1 Å². The Labute approximate surface area is 119 Å². The summed E-state index contributed by atoms with van der Waals surface area (Å²) in [5.74, 6) is 0.385. The van der Waals surface area contributed by atoms with Crippen LogP contribution < -0.4 is 5.32 Å². The van der Waals surface area contributed by atoms with Crippen molar-refractivity contribution < 1.29 is 4.39 Å². The van der Waals surface area contributed by atoms with Crippen LogP contribution in [0.2, 0.25) is 5.02 Å². The summed E-state index contributed by atoms with van der Waals surface area (Å²) in [5, 5.41) is 4.23. The summed E-state index contributed by atoms with van der Waals surface area (Å²) in [6.07, 6.45) is 1.12. The Morgan fingerprint density at radius 1 is 1.47 bits per heavy atom. The van der Waals surface area contributed by atoms with Crippen molar-refractivity contribution >= 4 is 11.6 Å². The first kappa shape index (κ1) is 14.8. The molecule has 0 amide bonds. The Hall–Kier alpha value is -0.640. The normalized spacial score (nSPS) is 21.6. The molecule has 2 nitrogen and oxygen atoms in total. The van der Waals surface area contributed by atoms with Crippen molar-refractivity contribution in [3.63, 3.8) is 0 Å².